The fourth-order valence-electron chi connectivity index (χ4n) is 0.204. The summed E-state index contributed by atoms with van der Waals surface area (Å²) in [5.74, 6) is 0. The maximum atomic E-state index is 2.70. The Bertz CT molecular complexity index is 17.2. The molecule has 0 aliphatic rings. The molecule has 42 valence electrons. The van der Waals surface area contributed by atoms with Gasteiger partial charge in [-0.1, -0.05) is 0 Å². The quantitative estimate of drug-likeness (QED) is 0.323. The molecular formula is C4H9AlF2. The minimum absolute atomic E-state index is 0. The van der Waals surface area contributed by atoms with Gasteiger partial charge in [-0.25, -0.2) is 0 Å². The normalized spacial score (nSPS) is 6.14. The molecule has 0 atom stereocenters. The molecule has 0 aromatic rings. The number of hydrogen-bond donors (Lipinski definition) is 0. The maximum Gasteiger partial charge on any atom is -1.00 e. The third-order valence-electron chi connectivity index (χ3n) is 0.558. The molecule has 0 aliphatic carbocycles. The van der Waals surface area contributed by atoms with Crippen molar-refractivity contribution in [2.45, 2.75) is 25.0 Å². The molecule has 0 unspecified atom stereocenters. The van der Waals surface area contributed by atoms with Gasteiger partial charge in [0.25, 0.3) is 0 Å². The van der Waals surface area contributed by atoms with Crippen molar-refractivity contribution in [3.8, 4) is 0 Å². The van der Waals surface area contributed by atoms with E-state index in [9.17, 15) is 0 Å². The van der Waals surface area contributed by atoms with Gasteiger partial charge in [0.2, 0.25) is 0 Å². The van der Waals surface area contributed by atoms with Gasteiger partial charge in [0, 0.05) is 0 Å². The van der Waals surface area contributed by atoms with Crippen LogP contribution in [0.4, 0.5) is 0 Å². The SMILES string of the molecule is CCC[CH2][Al+2].[F-].[F-]. The molecule has 0 N–H and O–H groups in total. The Morgan fingerprint density at radius 1 is 1.29 bits per heavy atom. The van der Waals surface area contributed by atoms with Crippen molar-refractivity contribution in [1.29, 1.82) is 0 Å². The van der Waals surface area contributed by atoms with E-state index in [1.807, 2.05) is 0 Å². The molecule has 0 rings (SSSR count). The summed E-state index contributed by atoms with van der Waals surface area (Å²) >= 11 is 2.70. The summed E-state index contributed by atoms with van der Waals surface area (Å²) in [7, 11) is 0. The van der Waals surface area contributed by atoms with Crippen LogP contribution in [0.15, 0.2) is 0 Å². The number of hydrogen-bond acceptors (Lipinski definition) is 0. The van der Waals surface area contributed by atoms with Crippen LogP contribution >= 0.6 is 0 Å². The Labute approximate surface area is 51.5 Å². The maximum absolute atomic E-state index is 2.70. The van der Waals surface area contributed by atoms with E-state index in [2.05, 4.69) is 23.2 Å². The summed E-state index contributed by atoms with van der Waals surface area (Å²) in [5.41, 5.74) is 0. The van der Waals surface area contributed by atoms with Gasteiger partial charge in [-0.15, -0.1) is 0 Å². The number of unbranched alkanes of at least 4 members (excludes halogenated alkanes) is 1. The standard InChI is InChI=1S/C4H9.Al.2FH/c1-3-4-2;;;/h1,3-4H2,2H3;;2*1H/q;+2;;/p-2. The smallest absolute Gasteiger partial charge is 1.00 e. The fraction of sp³-hybridized carbons (Fsp3) is 1.00. The molecule has 0 aromatic carbocycles. The molecule has 0 amide bonds. The van der Waals surface area contributed by atoms with Gasteiger partial charge >= 0.3 is 41.3 Å². The van der Waals surface area contributed by atoms with Crippen LogP contribution in [0.2, 0.25) is 5.28 Å². The molecule has 0 saturated carbocycles. The van der Waals surface area contributed by atoms with Gasteiger partial charge in [0.1, 0.15) is 0 Å². The summed E-state index contributed by atoms with van der Waals surface area (Å²) in [6, 6.07) is 0. The molecule has 0 bridgehead atoms. The van der Waals surface area contributed by atoms with Gasteiger partial charge in [0.15, 0.2) is 0 Å². The first-order chi connectivity index (χ1) is 2.41. The van der Waals surface area contributed by atoms with Crippen LogP contribution in [0, 0.1) is 0 Å². The van der Waals surface area contributed by atoms with Gasteiger partial charge in [0.05, 0.1) is 0 Å². The monoisotopic (exact) mass is 122 g/mol. The van der Waals surface area contributed by atoms with E-state index in [0.29, 0.717) is 0 Å². The average Bonchev–Trinajstić information content (AvgIpc) is 1.41. The number of rotatable bonds is 2. The summed E-state index contributed by atoms with van der Waals surface area (Å²) in [4.78, 5) is 0. The van der Waals surface area contributed by atoms with Gasteiger partial charge in [-0.05, 0) is 0 Å². The van der Waals surface area contributed by atoms with E-state index in [0.717, 1.165) is 0 Å². The predicted molar refractivity (Wildman–Crippen MR) is 25.5 cm³/mol. The third-order valence-corrected chi connectivity index (χ3v) is 0.966. The molecule has 0 fully saturated rings. The molecule has 0 aliphatic heterocycles. The van der Waals surface area contributed by atoms with Gasteiger partial charge < -0.3 is 9.41 Å². The largest absolute Gasteiger partial charge is 1.00 e. The summed E-state index contributed by atoms with van der Waals surface area (Å²) in [5, 5.41) is 1.26. The van der Waals surface area contributed by atoms with E-state index in [-0.39, 0.29) is 9.41 Å². The third kappa shape index (κ3) is 21.5. The second-order valence-corrected chi connectivity index (χ2v) is 1.72. The summed E-state index contributed by atoms with van der Waals surface area (Å²) < 4.78 is 0. The van der Waals surface area contributed by atoms with Crippen LogP contribution in [0.5, 0.6) is 0 Å². The first kappa shape index (κ1) is 15.7. The Hall–Kier alpha value is 0.392. The zero-order valence-electron chi connectivity index (χ0n) is 4.45. The van der Waals surface area contributed by atoms with Crippen molar-refractivity contribution in [2.75, 3.05) is 0 Å². The molecule has 0 radical (unpaired) electrons. The minimum Gasteiger partial charge on any atom is -1.00 e. The number of halogens is 2. The van der Waals surface area contributed by atoms with Crippen molar-refractivity contribution in [1.82, 2.24) is 0 Å². The van der Waals surface area contributed by atoms with Crippen LogP contribution in [-0.2, 0) is 0 Å². The molecule has 0 saturated heterocycles. The molecular weight excluding hydrogens is 113 g/mol. The molecule has 0 nitrogen and oxygen atoms in total. The van der Waals surface area contributed by atoms with Crippen molar-refractivity contribution in [3.05, 3.63) is 0 Å². The van der Waals surface area contributed by atoms with Gasteiger partial charge in [-0.2, -0.15) is 0 Å². The zero-order valence-corrected chi connectivity index (χ0v) is 5.61. The van der Waals surface area contributed by atoms with Crippen molar-refractivity contribution in [3.63, 3.8) is 0 Å². The summed E-state index contributed by atoms with van der Waals surface area (Å²) in [6.45, 7) is 2.20. The summed E-state index contributed by atoms with van der Waals surface area (Å²) in [6.07, 6.45) is 2.67. The predicted octanol–water partition coefficient (Wildman–Crippen LogP) is -4.62. The average molecular weight is 122 g/mol. The van der Waals surface area contributed by atoms with Crippen LogP contribution < -0.4 is 9.41 Å². The Morgan fingerprint density at radius 3 is 1.71 bits per heavy atom. The first-order valence-corrected chi connectivity index (χ1v) is 2.93. The zero-order chi connectivity index (χ0) is 4.12. The Balaban J connectivity index is -0.0000000800. The van der Waals surface area contributed by atoms with E-state index >= 15 is 0 Å². The minimum atomic E-state index is 0. The molecule has 3 heteroatoms. The van der Waals surface area contributed by atoms with Crippen LogP contribution in [0.1, 0.15) is 19.8 Å². The second kappa shape index (κ2) is 16.2. The van der Waals surface area contributed by atoms with E-state index in [4.69, 9.17) is 0 Å². The van der Waals surface area contributed by atoms with Crippen LogP contribution in [0.25, 0.3) is 0 Å². The Morgan fingerprint density at radius 2 is 1.71 bits per heavy atom. The van der Waals surface area contributed by atoms with Crippen molar-refractivity contribution < 1.29 is 9.41 Å². The molecule has 7 heavy (non-hydrogen) atoms. The van der Waals surface area contributed by atoms with Crippen molar-refractivity contribution in [2.24, 2.45) is 0 Å². The van der Waals surface area contributed by atoms with E-state index < -0.39 is 0 Å². The van der Waals surface area contributed by atoms with Crippen LogP contribution in [0.3, 0.4) is 0 Å². The van der Waals surface area contributed by atoms with E-state index in [1.54, 1.807) is 0 Å². The first-order valence-electron chi connectivity index (χ1n) is 2.12. The van der Waals surface area contributed by atoms with Crippen LogP contribution in [-0.4, -0.2) is 16.3 Å². The second-order valence-electron chi connectivity index (χ2n) is 1.14. The van der Waals surface area contributed by atoms with Crippen molar-refractivity contribution >= 4 is 16.3 Å². The fourth-order valence-corrected chi connectivity index (χ4v) is 0.612. The molecule has 0 spiro atoms. The molecule has 0 heterocycles. The molecule has 0 aromatic heterocycles. The van der Waals surface area contributed by atoms with Gasteiger partial charge in [-0.3, -0.25) is 0 Å². The topological polar surface area (TPSA) is 0 Å². The van der Waals surface area contributed by atoms with E-state index in [1.165, 1.54) is 18.1 Å². The Kier molecular flexibility index (Phi) is 36.1.